The third-order valence-corrected chi connectivity index (χ3v) is 2.88. The van der Waals surface area contributed by atoms with Crippen LogP contribution in [-0.4, -0.2) is 14.9 Å². The Morgan fingerprint density at radius 3 is 2.50 bits per heavy atom. The largest absolute Gasteiger partial charge is 0.382 e. The van der Waals surface area contributed by atoms with Crippen LogP contribution in [0.4, 0.5) is 8.78 Å². The molecule has 2 aromatic rings. The third kappa shape index (κ3) is 2.37. The maximum absolute atomic E-state index is 13.1. The van der Waals surface area contributed by atoms with E-state index in [9.17, 15) is 13.9 Å². The van der Waals surface area contributed by atoms with Gasteiger partial charge in [-0.25, -0.2) is 8.78 Å². The van der Waals surface area contributed by atoms with Gasteiger partial charge in [-0.15, -0.1) is 0 Å². The second-order valence-corrected chi connectivity index (χ2v) is 4.21. The molecule has 1 N–H and O–H groups in total. The van der Waals surface area contributed by atoms with Crippen LogP contribution < -0.4 is 0 Å². The van der Waals surface area contributed by atoms with E-state index in [2.05, 4.69) is 5.10 Å². The number of aromatic nitrogens is 2. The molecule has 3 nitrogen and oxygen atoms in total. The summed E-state index contributed by atoms with van der Waals surface area (Å²) in [6.45, 7) is 2.32. The zero-order valence-electron chi connectivity index (χ0n) is 9.57. The molecule has 1 atom stereocenters. The molecule has 96 valence electrons. The first kappa shape index (κ1) is 13.0. The third-order valence-electron chi connectivity index (χ3n) is 2.59. The molecule has 0 amide bonds. The van der Waals surface area contributed by atoms with E-state index in [0.29, 0.717) is 12.2 Å². The first-order valence-corrected chi connectivity index (χ1v) is 5.76. The standard InChI is InChI=1S/C12H11ClF2N2O/c1-2-17-11(10(13)6-16-17)12(18)7-3-8(14)5-9(15)4-7/h3-6,12,18H,2H2,1H3. The van der Waals surface area contributed by atoms with Crippen molar-refractivity contribution >= 4 is 11.6 Å². The number of hydrogen-bond acceptors (Lipinski definition) is 2. The molecule has 0 bridgehead atoms. The highest BCUT2D eigenvalue weighted by molar-refractivity contribution is 6.31. The van der Waals surface area contributed by atoms with Crippen molar-refractivity contribution in [1.82, 2.24) is 9.78 Å². The van der Waals surface area contributed by atoms with Gasteiger partial charge >= 0.3 is 0 Å². The van der Waals surface area contributed by atoms with Crippen molar-refractivity contribution in [1.29, 1.82) is 0 Å². The number of halogens is 3. The molecule has 18 heavy (non-hydrogen) atoms. The summed E-state index contributed by atoms with van der Waals surface area (Å²) in [7, 11) is 0. The van der Waals surface area contributed by atoms with E-state index in [-0.39, 0.29) is 10.6 Å². The predicted octanol–water partition coefficient (Wildman–Crippen LogP) is 2.92. The molecular weight excluding hydrogens is 262 g/mol. The van der Waals surface area contributed by atoms with Crippen LogP contribution in [0.5, 0.6) is 0 Å². The van der Waals surface area contributed by atoms with Crippen LogP contribution in [0, 0.1) is 11.6 Å². The number of aryl methyl sites for hydroxylation is 1. The maximum Gasteiger partial charge on any atom is 0.126 e. The van der Waals surface area contributed by atoms with Crippen LogP contribution in [-0.2, 0) is 6.54 Å². The van der Waals surface area contributed by atoms with Crippen LogP contribution in [0.1, 0.15) is 24.3 Å². The number of rotatable bonds is 3. The lowest BCUT2D eigenvalue weighted by molar-refractivity contribution is 0.207. The van der Waals surface area contributed by atoms with E-state index in [1.165, 1.54) is 10.9 Å². The Morgan fingerprint density at radius 2 is 1.94 bits per heavy atom. The molecule has 0 radical (unpaired) electrons. The fourth-order valence-corrected chi connectivity index (χ4v) is 2.03. The van der Waals surface area contributed by atoms with Gasteiger partial charge in [0.25, 0.3) is 0 Å². The number of aliphatic hydroxyl groups is 1. The van der Waals surface area contributed by atoms with Crippen molar-refractivity contribution < 1.29 is 13.9 Å². The highest BCUT2D eigenvalue weighted by Crippen LogP contribution is 2.28. The lowest BCUT2D eigenvalue weighted by Crippen LogP contribution is -2.10. The van der Waals surface area contributed by atoms with Crippen molar-refractivity contribution in [3.63, 3.8) is 0 Å². The number of nitrogens with zero attached hydrogens (tertiary/aromatic N) is 2. The van der Waals surface area contributed by atoms with Crippen molar-refractivity contribution in [2.75, 3.05) is 0 Å². The Balaban J connectivity index is 2.47. The Hall–Kier alpha value is -1.46. The predicted molar refractivity (Wildman–Crippen MR) is 63.3 cm³/mol. The molecule has 0 spiro atoms. The van der Waals surface area contributed by atoms with Crippen LogP contribution in [0.3, 0.4) is 0 Å². The van der Waals surface area contributed by atoms with Gasteiger partial charge in [0.15, 0.2) is 0 Å². The summed E-state index contributed by atoms with van der Waals surface area (Å²) in [5.41, 5.74) is 0.425. The van der Waals surface area contributed by atoms with Crippen LogP contribution in [0.15, 0.2) is 24.4 Å². The minimum Gasteiger partial charge on any atom is -0.382 e. The normalized spacial score (nSPS) is 12.7. The second-order valence-electron chi connectivity index (χ2n) is 3.80. The van der Waals surface area contributed by atoms with Gasteiger partial charge in [-0.2, -0.15) is 5.10 Å². The van der Waals surface area contributed by atoms with Gasteiger partial charge in [0.1, 0.15) is 17.7 Å². The molecule has 0 fully saturated rings. The molecular formula is C12H11ClF2N2O. The van der Waals surface area contributed by atoms with Gasteiger partial charge in [0, 0.05) is 12.6 Å². The molecule has 6 heteroatoms. The Labute approximate surface area is 108 Å². The molecule has 1 aromatic carbocycles. The van der Waals surface area contributed by atoms with Gasteiger partial charge < -0.3 is 5.11 Å². The highest BCUT2D eigenvalue weighted by Gasteiger charge is 2.20. The average Bonchev–Trinajstić information content (AvgIpc) is 2.68. The minimum atomic E-state index is -1.22. The molecule has 1 heterocycles. The maximum atomic E-state index is 13.1. The molecule has 0 saturated carbocycles. The lowest BCUT2D eigenvalue weighted by Gasteiger charge is -2.13. The fraction of sp³-hybridized carbons (Fsp3) is 0.250. The van der Waals surface area contributed by atoms with Crippen LogP contribution >= 0.6 is 11.6 Å². The molecule has 0 aliphatic rings. The quantitative estimate of drug-likeness (QED) is 0.933. The Morgan fingerprint density at radius 1 is 1.33 bits per heavy atom. The Bertz CT molecular complexity index is 551. The van der Waals surface area contributed by atoms with E-state index in [4.69, 9.17) is 11.6 Å². The summed E-state index contributed by atoms with van der Waals surface area (Å²) in [5, 5.41) is 14.4. The summed E-state index contributed by atoms with van der Waals surface area (Å²) < 4.78 is 27.7. The molecule has 0 saturated heterocycles. The monoisotopic (exact) mass is 272 g/mol. The van der Waals surface area contributed by atoms with Crippen molar-refractivity contribution in [2.45, 2.75) is 19.6 Å². The minimum absolute atomic E-state index is 0.101. The van der Waals surface area contributed by atoms with Gasteiger partial charge in [-0.05, 0) is 24.6 Å². The molecule has 0 aliphatic carbocycles. The number of hydrogen-bond donors (Lipinski definition) is 1. The number of aliphatic hydroxyl groups excluding tert-OH is 1. The first-order chi connectivity index (χ1) is 8.52. The zero-order chi connectivity index (χ0) is 13.3. The summed E-state index contributed by atoms with van der Waals surface area (Å²) in [6, 6.07) is 2.88. The van der Waals surface area contributed by atoms with Gasteiger partial charge in [-0.3, -0.25) is 4.68 Å². The van der Waals surface area contributed by atoms with E-state index < -0.39 is 17.7 Å². The SMILES string of the molecule is CCn1ncc(Cl)c1C(O)c1cc(F)cc(F)c1. The zero-order valence-corrected chi connectivity index (χ0v) is 10.3. The molecule has 2 rings (SSSR count). The van der Waals surface area contributed by atoms with Gasteiger partial charge in [0.2, 0.25) is 0 Å². The summed E-state index contributed by atoms with van der Waals surface area (Å²) in [5.74, 6) is -1.49. The van der Waals surface area contributed by atoms with Crippen molar-refractivity contribution in [3.05, 3.63) is 52.3 Å². The van der Waals surface area contributed by atoms with E-state index in [1.807, 2.05) is 6.92 Å². The topological polar surface area (TPSA) is 38.0 Å². The van der Waals surface area contributed by atoms with E-state index >= 15 is 0 Å². The Kier molecular flexibility index (Phi) is 3.63. The smallest absolute Gasteiger partial charge is 0.126 e. The second kappa shape index (κ2) is 5.04. The van der Waals surface area contributed by atoms with Crippen LogP contribution in [0.25, 0.3) is 0 Å². The lowest BCUT2D eigenvalue weighted by atomic mass is 10.1. The molecule has 1 unspecified atom stereocenters. The van der Waals surface area contributed by atoms with Gasteiger partial charge in [0.05, 0.1) is 16.9 Å². The molecule has 1 aromatic heterocycles. The van der Waals surface area contributed by atoms with Crippen molar-refractivity contribution in [2.24, 2.45) is 0 Å². The summed E-state index contributed by atoms with van der Waals surface area (Å²) in [6.07, 6.45) is 0.171. The highest BCUT2D eigenvalue weighted by atomic mass is 35.5. The average molecular weight is 273 g/mol. The van der Waals surface area contributed by atoms with E-state index in [1.54, 1.807) is 0 Å². The summed E-state index contributed by atoms with van der Waals surface area (Å²) in [4.78, 5) is 0. The molecule has 0 aliphatic heterocycles. The fourth-order valence-electron chi connectivity index (χ4n) is 1.79. The number of benzene rings is 1. The first-order valence-electron chi connectivity index (χ1n) is 5.38. The van der Waals surface area contributed by atoms with Crippen molar-refractivity contribution in [3.8, 4) is 0 Å². The summed E-state index contributed by atoms with van der Waals surface area (Å²) >= 11 is 5.92. The van der Waals surface area contributed by atoms with Crippen LogP contribution in [0.2, 0.25) is 5.02 Å². The van der Waals surface area contributed by atoms with E-state index in [0.717, 1.165) is 18.2 Å². The van der Waals surface area contributed by atoms with Gasteiger partial charge in [-0.1, -0.05) is 11.6 Å².